The molecule has 8 nitrogen and oxygen atoms in total. The fourth-order valence-corrected chi connectivity index (χ4v) is 2.53. The van der Waals surface area contributed by atoms with Crippen LogP contribution in [-0.4, -0.2) is 41.1 Å². The molecule has 1 atom stereocenters. The van der Waals surface area contributed by atoms with Gasteiger partial charge >= 0.3 is 0 Å². The fraction of sp³-hybridized carbons (Fsp3) is 0.444. The third kappa shape index (κ3) is 4.89. The molecule has 1 saturated heterocycles. The summed E-state index contributed by atoms with van der Waals surface area (Å²) in [6, 6.07) is 6.24. The number of benzene rings is 1. The molecule has 1 aliphatic rings. The van der Waals surface area contributed by atoms with Crippen LogP contribution in [-0.2, 0) is 25.7 Å². The second-order valence-corrected chi connectivity index (χ2v) is 6.57. The summed E-state index contributed by atoms with van der Waals surface area (Å²) < 4.78 is 0. The van der Waals surface area contributed by atoms with Gasteiger partial charge in [-0.05, 0) is 17.5 Å². The molecule has 2 rings (SSSR count). The number of likely N-dealkylation sites (tertiary alicyclic amines) is 1. The van der Waals surface area contributed by atoms with Crippen molar-refractivity contribution in [1.29, 1.82) is 0 Å². The molecular formula is C18H24N4O4. The number of amides is 4. The molecule has 0 radical (unpaired) electrons. The van der Waals surface area contributed by atoms with Gasteiger partial charge in [0.2, 0.25) is 23.6 Å². The van der Waals surface area contributed by atoms with E-state index in [-0.39, 0.29) is 43.7 Å². The highest BCUT2D eigenvalue weighted by atomic mass is 16.2. The molecule has 1 aliphatic heterocycles. The van der Waals surface area contributed by atoms with Gasteiger partial charge in [-0.1, -0.05) is 32.0 Å². The van der Waals surface area contributed by atoms with Crippen molar-refractivity contribution in [2.75, 3.05) is 11.9 Å². The van der Waals surface area contributed by atoms with E-state index in [4.69, 9.17) is 5.73 Å². The molecular weight excluding hydrogens is 336 g/mol. The van der Waals surface area contributed by atoms with Crippen LogP contribution in [0.4, 0.5) is 5.69 Å². The summed E-state index contributed by atoms with van der Waals surface area (Å²) in [6.45, 7) is 3.54. The summed E-state index contributed by atoms with van der Waals surface area (Å²) in [6.07, 6.45) is 0.436. The maximum atomic E-state index is 12.1. The minimum absolute atomic E-state index is 0.0330. The topological polar surface area (TPSA) is 122 Å². The molecule has 0 unspecified atom stereocenters. The van der Waals surface area contributed by atoms with E-state index in [1.807, 2.05) is 13.8 Å². The number of imide groups is 1. The van der Waals surface area contributed by atoms with Crippen LogP contribution in [0.5, 0.6) is 0 Å². The van der Waals surface area contributed by atoms with Crippen LogP contribution in [0.15, 0.2) is 24.3 Å². The van der Waals surface area contributed by atoms with Crippen LogP contribution < -0.4 is 16.4 Å². The molecule has 1 heterocycles. The number of carbonyl (C=O) groups excluding carboxylic acids is 4. The number of hydrogen-bond acceptors (Lipinski definition) is 5. The van der Waals surface area contributed by atoms with Gasteiger partial charge in [0.15, 0.2) is 0 Å². The van der Waals surface area contributed by atoms with Crippen molar-refractivity contribution in [1.82, 2.24) is 10.2 Å². The maximum Gasteiger partial charge on any atom is 0.243 e. The van der Waals surface area contributed by atoms with Gasteiger partial charge in [-0.3, -0.25) is 24.1 Å². The van der Waals surface area contributed by atoms with E-state index in [1.165, 1.54) is 4.90 Å². The molecule has 1 fully saturated rings. The number of nitrogens with one attached hydrogen (secondary N) is 2. The number of anilines is 1. The first-order valence-electron chi connectivity index (χ1n) is 8.54. The lowest BCUT2D eigenvalue weighted by Gasteiger charge is -2.18. The Kier molecular flexibility index (Phi) is 6.46. The average Bonchev–Trinajstić information content (AvgIpc) is 2.92. The Balaban J connectivity index is 1.97. The van der Waals surface area contributed by atoms with Crippen molar-refractivity contribution < 1.29 is 19.2 Å². The number of nitrogens with zero attached hydrogens (tertiary/aromatic N) is 1. The predicted molar refractivity (Wildman–Crippen MR) is 95.7 cm³/mol. The Morgan fingerprint density at radius 2 is 1.77 bits per heavy atom. The SMILES string of the molecule is CC(C)[C@H](N)C(=O)NCC(=O)Nc1ccccc1CN1C(=O)CCC1=O. The zero-order valence-corrected chi connectivity index (χ0v) is 15.0. The van der Waals surface area contributed by atoms with E-state index in [1.54, 1.807) is 24.3 Å². The maximum absolute atomic E-state index is 12.1. The zero-order chi connectivity index (χ0) is 19.3. The van der Waals surface area contributed by atoms with Gasteiger partial charge in [-0.15, -0.1) is 0 Å². The molecule has 0 spiro atoms. The van der Waals surface area contributed by atoms with Crippen LogP contribution in [0.2, 0.25) is 0 Å². The number of nitrogens with two attached hydrogens (primary N) is 1. The second-order valence-electron chi connectivity index (χ2n) is 6.57. The van der Waals surface area contributed by atoms with Gasteiger partial charge in [-0.2, -0.15) is 0 Å². The first-order valence-corrected chi connectivity index (χ1v) is 8.54. The number of hydrogen-bond donors (Lipinski definition) is 3. The van der Waals surface area contributed by atoms with E-state index in [2.05, 4.69) is 10.6 Å². The molecule has 0 bridgehead atoms. The van der Waals surface area contributed by atoms with Gasteiger partial charge in [0.05, 0.1) is 19.1 Å². The molecule has 0 aromatic heterocycles. The van der Waals surface area contributed by atoms with E-state index < -0.39 is 17.9 Å². The highest BCUT2D eigenvalue weighted by molar-refractivity contribution is 6.02. The molecule has 140 valence electrons. The fourth-order valence-electron chi connectivity index (χ4n) is 2.53. The Bertz CT molecular complexity index is 701. The van der Waals surface area contributed by atoms with E-state index in [9.17, 15) is 19.2 Å². The van der Waals surface area contributed by atoms with E-state index >= 15 is 0 Å². The molecule has 4 N–H and O–H groups in total. The van der Waals surface area contributed by atoms with Crippen molar-refractivity contribution in [2.24, 2.45) is 11.7 Å². The summed E-state index contributed by atoms with van der Waals surface area (Å²) >= 11 is 0. The summed E-state index contributed by atoms with van der Waals surface area (Å²) in [5.41, 5.74) is 6.87. The van der Waals surface area contributed by atoms with Gasteiger partial charge < -0.3 is 16.4 Å². The largest absolute Gasteiger partial charge is 0.346 e. The Hall–Kier alpha value is -2.74. The van der Waals surface area contributed by atoms with Gasteiger partial charge in [0.1, 0.15) is 0 Å². The lowest BCUT2D eigenvalue weighted by Crippen LogP contribution is -2.46. The monoisotopic (exact) mass is 360 g/mol. The Labute approximate surface area is 152 Å². The highest BCUT2D eigenvalue weighted by Crippen LogP contribution is 2.21. The van der Waals surface area contributed by atoms with Crippen molar-refractivity contribution >= 4 is 29.3 Å². The van der Waals surface area contributed by atoms with Crippen LogP contribution in [0.1, 0.15) is 32.3 Å². The molecule has 0 saturated carbocycles. The standard InChI is InChI=1S/C18H24N4O4/c1-11(2)17(19)18(26)20-9-14(23)21-13-6-4-3-5-12(13)10-22-15(24)7-8-16(22)25/h3-6,11,17H,7-10,19H2,1-2H3,(H,20,26)(H,21,23)/t17-/m0/s1. The van der Waals surface area contributed by atoms with Gasteiger partial charge in [-0.25, -0.2) is 0 Å². The molecule has 8 heteroatoms. The van der Waals surface area contributed by atoms with Crippen LogP contribution in [0.25, 0.3) is 0 Å². The number of carbonyl (C=O) groups is 4. The quantitative estimate of drug-likeness (QED) is 0.607. The smallest absolute Gasteiger partial charge is 0.243 e. The first-order chi connectivity index (χ1) is 12.3. The zero-order valence-electron chi connectivity index (χ0n) is 15.0. The lowest BCUT2D eigenvalue weighted by molar-refractivity contribution is -0.139. The number of para-hydroxylation sites is 1. The minimum atomic E-state index is -0.678. The Morgan fingerprint density at radius 3 is 2.38 bits per heavy atom. The van der Waals surface area contributed by atoms with Gasteiger partial charge in [0.25, 0.3) is 0 Å². The minimum Gasteiger partial charge on any atom is -0.346 e. The predicted octanol–water partition coefficient (Wildman–Crippen LogP) is 0.374. The molecule has 26 heavy (non-hydrogen) atoms. The van der Waals surface area contributed by atoms with Crippen LogP contribution >= 0.6 is 0 Å². The van der Waals surface area contributed by atoms with Crippen molar-refractivity contribution in [3.8, 4) is 0 Å². The number of rotatable bonds is 7. The van der Waals surface area contributed by atoms with Crippen molar-refractivity contribution in [2.45, 2.75) is 39.3 Å². The van der Waals surface area contributed by atoms with Crippen LogP contribution in [0, 0.1) is 5.92 Å². The molecule has 1 aromatic carbocycles. The van der Waals surface area contributed by atoms with Crippen molar-refractivity contribution in [3.05, 3.63) is 29.8 Å². The lowest BCUT2D eigenvalue weighted by atomic mass is 10.1. The van der Waals surface area contributed by atoms with Gasteiger partial charge in [0, 0.05) is 18.5 Å². The average molecular weight is 360 g/mol. The third-order valence-electron chi connectivity index (χ3n) is 4.22. The Morgan fingerprint density at radius 1 is 1.15 bits per heavy atom. The first kappa shape index (κ1) is 19.6. The molecule has 1 aromatic rings. The summed E-state index contributed by atoms with van der Waals surface area (Å²) in [5.74, 6) is -1.27. The highest BCUT2D eigenvalue weighted by Gasteiger charge is 2.29. The van der Waals surface area contributed by atoms with Crippen molar-refractivity contribution in [3.63, 3.8) is 0 Å². The normalized spacial score (nSPS) is 15.3. The third-order valence-corrected chi connectivity index (χ3v) is 4.22. The summed E-state index contributed by atoms with van der Waals surface area (Å²) in [7, 11) is 0. The molecule has 0 aliphatic carbocycles. The van der Waals surface area contributed by atoms with Crippen LogP contribution in [0.3, 0.4) is 0 Å². The summed E-state index contributed by atoms with van der Waals surface area (Å²) in [5, 5.41) is 5.19. The molecule has 4 amide bonds. The summed E-state index contributed by atoms with van der Waals surface area (Å²) in [4.78, 5) is 48.7. The second kappa shape index (κ2) is 8.57. The van der Waals surface area contributed by atoms with E-state index in [0.29, 0.717) is 11.3 Å². The van der Waals surface area contributed by atoms with E-state index in [0.717, 1.165) is 0 Å².